The maximum absolute atomic E-state index is 6.34. The van der Waals surface area contributed by atoms with Crippen LogP contribution in [0, 0.1) is 13.8 Å². The van der Waals surface area contributed by atoms with Crippen LogP contribution in [0.1, 0.15) is 29.9 Å². The Kier molecular flexibility index (Phi) is 4.06. The number of nitrogens with one attached hydrogen (secondary N) is 1. The van der Waals surface area contributed by atoms with Gasteiger partial charge in [0, 0.05) is 17.5 Å². The van der Waals surface area contributed by atoms with E-state index in [1.54, 1.807) is 0 Å². The van der Waals surface area contributed by atoms with E-state index in [9.17, 15) is 0 Å². The Hall–Kier alpha value is -0.970. The Labute approximate surface area is 128 Å². The molecule has 0 amide bonds. The molecule has 1 aromatic carbocycles. The van der Waals surface area contributed by atoms with Crippen molar-refractivity contribution in [3.63, 3.8) is 0 Å². The smallest absolute Gasteiger partial charge is 0.261 e. The molecule has 2 aromatic rings. The van der Waals surface area contributed by atoms with Crippen LogP contribution in [0.5, 0.6) is 0 Å². The third-order valence-corrected chi connectivity index (χ3v) is 4.87. The van der Waals surface area contributed by atoms with Crippen LogP contribution in [0.15, 0.2) is 32.7 Å². The molecule has 0 unspecified atom stereocenters. The first-order chi connectivity index (χ1) is 9.63. The third-order valence-electron chi connectivity index (χ3n) is 3.41. The average Bonchev–Trinajstić information content (AvgIpc) is 3.18. The molecule has 0 aliphatic heterocycles. The molecule has 1 aliphatic carbocycles. The molecule has 1 aromatic heterocycles. The summed E-state index contributed by atoms with van der Waals surface area (Å²) in [5, 5.41) is 4.92. The maximum atomic E-state index is 6.34. The van der Waals surface area contributed by atoms with E-state index in [-0.39, 0.29) is 0 Å². The minimum Gasteiger partial charge on any atom is -0.436 e. The second-order valence-electron chi connectivity index (χ2n) is 5.11. The Morgan fingerprint density at radius 1 is 1.40 bits per heavy atom. The highest BCUT2D eigenvalue weighted by atomic mass is 35.5. The fourth-order valence-corrected chi connectivity index (χ4v) is 3.19. The first-order valence-electron chi connectivity index (χ1n) is 6.76. The normalized spacial score (nSPS) is 14.8. The van der Waals surface area contributed by atoms with Crippen molar-refractivity contribution < 1.29 is 4.42 Å². The van der Waals surface area contributed by atoms with Crippen LogP contribution in [0.4, 0.5) is 0 Å². The van der Waals surface area contributed by atoms with E-state index in [0.717, 1.165) is 27.9 Å². The van der Waals surface area contributed by atoms with Gasteiger partial charge in [-0.3, -0.25) is 0 Å². The van der Waals surface area contributed by atoms with Gasteiger partial charge in [-0.1, -0.05) is 23.7 Å². The SMILES string of the molecule is Cc1nc(Sc2c(Cl)cccc2CNC2CC2)oc1C. The third kappa shape index (κ3) is 3.19. The molecular formula is C15H17ClN2OS. The Bertz CT molecular complexity index is 603. The number of hydrogen-bond donors (Lipinski definition) is 1. The second kappa shape index (κ2) is 5.80. The molecule has 0 atom stereocenters. The van der Waals surface area contributed by atoms with Crippen LogP contribution in [0.3, 0.4) is 0 Å². The van der Waals surface area contributed by atoms with Gasteiger partial charge in [0.05, 0.1) is 10.7 Å². The van der Waals surface area contributed by atoms with Gasteiger partial charge in [-0.05, 0) is 50.1 Å². The molecule has 1 fully saturated rings. The Morgan fingerprint density at radius 3 is 2.85 bits per heavy atom. The zero-order chi connectivity index (χ0) is 14.1. The van der Waals surface area contributed by atoms with Crippen LogP contribution in [0.25, 0.3) is 0 Å². The van der Waals surface area contributed by atoms with E-state index in [2.05, 4.69) is 16.4 Å². The van der Waals surface area contributed by atoms with Crippen LogP contribution < -0.4 is 5.32 Å². The van der Waals surface area contributed by atoms with Gasteiger partial charge in [0.15, 0.2) is 0 Å². The van der Waals surface area contributed by atoms with Crippen molar-refractivity contribution in [1.29, 1.82) is 0 Å². The van der Waals surface area contributed by atoms with Gasteiger partial charge >= 0.3 is 0 Å². The first kappa shape index (κ1) is 14.0. The summed E-state index contributed by atoms with van der Waals surface area (Å²) < 4.78 is 5.64. The quantitative estimate of drug-likeness (QED) is 0.891. The summed E-state index contributed by atoms with van der Waals surface area (Å²) in [6, 6.07) is 6.68. The maximum Gasteiger partial charge on any atom is 0.261 e. The summed E-state index contributed by atoms with van der Waals surface area (Å²) in [6.07, 6.45) is 2.56. The van der Waals surface area contributed by atoms with Gasteiger partial charge in [0.2, 0.25) is 0 Å². The molecule has 1 aliphatic rings. The highest BCUT2D eigenvalue weighted by molar-refractivity contribution is 7.99. The summed E-state index contributed by atoms with van der Waals surface area (Å²) >= 11 is 7.84. The van der Waals surface area contributed by atoms with Crippen molar-refractivity contribution in [3.8, 4) is 0 Å². The lowest BCUT2D eigenvalue weighted by atomic mass is 10.2. The zero-order valence-electron chi connectivity index (χ0n) is 11.6. The molecule has 0 bridgehead atoms. The van der Waals surface area contributed by atoms with Gasteiger partial charge < -0.3 is 9.73 Å². The molecule has 0 spiro atoms. The molecular weight excluding hydrogens is 292 g/mol. The van der Waals surface area contributed by atoms with Gasteiger partial charge in [-0.15, -0.1) is 0 Å². The van der Waals surface area contributed by atoms with Crippen molar-refractivity contribution in [2.75, 3.05) is 0 Å². The number of hydrogen-bond acceptors (Lipinski definition) is 4. The summed E-state index contributed by atoms with van der Waals surface area (Å²) in [6.45, 7) is 4.71. The first-order valence-corrected chi connectivity index (χ1v) is 7.95. The zero-order valence-corrected chi connectivity index (χ0v) is 13.1. The average molecular weight is 309 g/mol. The Balaban J connectivity index is 1.82. The van der Waals surface area contributed by atoms with Gasteiger partial charge in [0.25, 0.3) is 5.22 Å². The molecule has 106 valence electrons. The summed E-state index contributed by atoms with van der Waals surface area (Å²) in [4.78, 5) is 5.44. The molecule has 1 N–H and O–H groups in total. The fraction of sp³-hybridized carbons (Fsp3) is 0.400. The lowest BCUT2D eigenvalue weighted by molar-refractivity contribution is 0.431. The second-order valence-corrected chi connectivity index (χ2v) is 6.48. The van der Waals surface area contributed by atoms with E-state index in [0.29, 0.717) is 11.3 Å². The van der Waals surface area contributed by atoms with Crippen molar-refractivity contribution in [3.05, 3.63) is 40.2 Å². The lowest BCUT2D eigenvalue weighted by Crippen LogP contribution is -2.15. The molecule has 0 saturated heterocycles. The molecule has 3 nitrogen and oxygen atoms in total. The Morgan fingerprint density at radius 2 is 2.20 bits per heavy atom. The fourth-order valence-electron chi connectivity index (χ4n) is 1.92. The molecule has 3 rings (SSSR count). The predicted octanol–water partition coefficient (Wildman–Crippen LogP) is 4.35. The van der Waals surface area contributed by atoms with Gasteiger partial charge in [-0.2, -0.15) is 0 Å². The number of benzene rings is 1. The van der Waals surface area contributed by atoms with E-state index >= 15 is 0 Å². The summed E-state index contributed by atoms with van der Waals surface area (Å²) in [7, 11) is 0. The highest BCUT2D eigenvalue weighted by Gasteiger charge is 2.21. The van der Waals surface area contributed by atoms with Crippen LogP contribution in [-0.4, -0.2) is 11.0 Å². The van der Waals surface area contributed by atoms with Gasteiger partial charge in [-0.25, -0.2) is 4.98 Å². The number of aryl methyl sites for hydroxylation is 2. The number of rotatable bonds is 5. The highest BCUT2D eigenvalue weighted by Crippen LogP contribution is 2.36. The monoisotopic (exact) mass is 308 g/mol. The topological polar surface area (TPSA) is 38.1 Å². The van der Waals surface area contributed by atoms with Gasteiger partial charge in [0.1, 0.15) is 5.76 Å². The molecule has 1 heterocycles. The predicted molar refractivity (Wildman–Crippen MR) is 81.4 cm³/mol. The van der Waals surface area contributed by atoms with E-state index in [1.807, 2.05) is 26.0 Å². The van der Waals surface area contributed by atoms with E-state index < -0.39 is 0 Å². The molecule has 5 heteroatoms. The van der Waals surface area contributed by atoms with Crippen LogP contribution in [0.2, 0.25) is 5.02 Å². The van der Waals surface area contributed by atoms with Crippen molar-refractivity contribution in [2.45, 2.75) is 49.4 Å². The molecule has 1 saturated carbocycles. The number of oxazole rings is 1. The number of aromatic nitrogens is 1. The van der Waals surface area contributed by atoms with E-state index in [4.69, 9.17) is 16.0 Å². The van der Waals surface area contributed by atoms with Crippen molar-refractivity contribution >= 4 is 23.4 Å². The largest absolute Gasteiger partial charge is 0.436 e. The minimum atomic E-state index is 0.653. The number of halogens is 1. The van der Waals surface area contributed by atoms with Crippen molar-refractivity contribution in [1.82, 2.24) is 10.3 Å². The van der Waals surface area contributed by atoms with Crippen molar-refractivity contribution in [2.24, 2.45) is 0 Å². The van der Waals surface area contributed by atoms with Crippen LogP contribution in [-0.2, 0) is 6.54 Å². The minimum absolute atomic E-state index is 0.653. The number of nitrogens with zero attached hydrogens (tertiary/aromatic N) is 1. The molecule has 20 heavy (non-hydrogen) atoms. The standard InChI is InChI=1S/C15H17ClN2OS/c1-9-10(2)19-15(18-9)20-14-11(4-3-5-13(14)16)8-17-12-6-7-12/h3-5,12,17H,6-8H2,1-2H3. The summed E-state index contributed by atoms with van der Waals surface area (Å²) in [5.41, 5.74) is 2.13. The van der Waals surface area contributed by atoms with Crippen LogP contribution >= 0.6 is 23.4 Å². The molecule has 0 radical (unpaired) electrons. The summed E-state index contributed by atoms with van der Waals surface area (Å²) in [5.74, 6) is 0.859. The lowest BCUT2D eigenvalue weighted by Gasteiger charge is -2.10. The van der Waals surface area contributed by atoms with E-state index in [1.165, 1.54) is 30.2 Å².